The van der Waals surface area contributed by atoms with Gasteiger partial charge in [-0.3, -0.25) is 19.3 Å². The van der Waals surface area contributed by atoms with Crippen LogP contribution in [0.3, 0.4) is 0 Å². The maximum absolute atomic E-state index is 12.6. The number of para-hydroxylation sites is 1. The molecule has 0 aliphatic carbocycles. The van der Waals surface area contributed by atoms with Crippen LogP contribution in [0.25, 0.3) is 0 Å². The third kappa shape index (κ3) is 4.67. The third-order valence-corrected chi connectivity index (χ3v) is 5.02. The zero-order valence-electron chi connectivity index (χ0n) is 16.3. The van der Waals surface area contributed by atoms with E-state index in [1.54, 1.807) is 17.2 Å². The largest absolute Gasteiger partial charge is 0.356 e. The van der Waals surface area contributed by atoms with Gasteiger partial charge in [-0.2, -0.15) is 0 Å². The fraction of sp³-hybridized carbons (Fsp3) is 0.381. The summed E-state index contributed by atoms with van der Waals surface area (Å²) >= 11 is 0. The van der Waals surface area contributed by atoms with Gasteiger partial charge in [-0.15, -0.1) is 0 Å². The standard InChI is InChI=1S/C21H26N4O3/c1-3-16-6-4-5-7-18(16)23-20(27)14-24-8-10-25(11-9-24)21(28)19-12-17(13-22-19)15(2)26/h4-7,12-13,22H,3,8-11,14H2,1-2H3,(H,23,27). The first kappa shape index (κ1) is 19.8. The minimum absolute atomic E-state index is 0.0452. The molecule has 0 atom stereocenters. The Morgan fingerprint density at radius 2 is 1.82 bits per heavy atom. The summed E-state index contributed by atoms with van der Waals surface area (Å²) in [5, 5.41) is 2.98. The first-order valence-corrected chi connectivity index (χ1v) is 9.56. The summed E-state index contributed by atoms with van der Waals surface area (Å²) in [7, 11) is 0. The number of ketones is 1. The average Bonchev–Trinajstić information content (AvgIpc) is 3.19. The van der Waals surface area contributed by atoms with Crippen LogP contribution in [0.15, 0.2) is 36.5 Å². The number of amides is 2. The molecule has 0 spiro atoms. The highest BCUT2D eigenvalue weighted by Gasteiger charge is 2.24. The van der Waals surface area contributed by atoms with E-state index >= 15 is 0 Å². The topological polar surface area (TPSA) is 85.5 Å². The molecule has 2 N–H and O–H groups in total. The highest BCUT2D eigenvalue weighted by Crippen LogP contribution is 2.16. The molecule has 2 aromatic rings. The van der Waals surface area contributed by atoms with E-state index in [-0.39, 0.29) is 17.6 Å². The Morgan fingerprint density at radius 3 is 2.46 bits per heavy atom. The fourth-order valence-corrected chi connectivity index (χ4v) is 3.34. The van der Waals surface area contributed by atoms with E-state index in [4.69, 9.17) is 0 Å². The van der Waals surface area contributed by atoms with E-state index in [1.165, 1.54) is 6.92 Å². The van der Waals surface area contributed by atoms with E-state index in [0.29, 0.717) is 44.0 Å². The zero-order chi connectivity index (χ0) is 20.1. The predicted octanol–water partition coefficient (Wildman–Crippen LogP) is 2.18. The van der Waals surface area contributed by atoms with Gasteiger partial charge in [0.15, 0.2) is 5.78 Å². The van der Waals surface area contributed by atoms with E-state index in [2.05, 4.69) is 17.2 Å². The van der Waals surface area contributed by atoms with Crippen molar-refractivity contribution < 1.29 is 14.4 Å². The molecule has 1 aromatic heterocycles. The Hall–Kier alpha value is -2.93. The quantitative estimate of drug-likeness (QED) is 0.750. The molecule has 28 heavy (non-hydrogen) atoms. The molecule has 1 aromatic carbocycles. The number of hydrogen-bond acceptors (Lipinski definition) is 4. The van der Waals surface area contributed by atoms with Crippen molar-refractivity contribution in [1.82, 2.24) is 14.8 Å². The molecule has 3 rings (SSSR count). The fourth-order valence-electron chi connectivity index (χ4n) is 3.34. The lowest BCUT2D eigenvalue weighted by Gasteiger charge is -2.34. The number of piperazine rings is 1. The van der Waals surface area contributed by atoms with Gasteiger partial charge in [0.1, 0.15) is 5.69 Å². The van der Waals surface area contributed by atoms with Gasteiger partial charge in [-0.25, -0.2) is 0 Å². The normalized spacial score (nSPS) is 14.7. The summed E-state index contributed by atoms with van der Waals surface area (Å²) < 4.78 is 0. The van der Waals surface area contributed by atoms with Gasteiger partial charge >= 0.3 is 0 Å². The highest BCUT2D eigenvalue weighted by atomic mass is 16.2. The van der Waals surface area contributed by atoms with Crippen molar-refractivity contribution in [1.29, 1.82) is 0 Å². The lowest BCUT2D eigenvalue weighted by molar-refractivity contribution is -0.117. The van der Waals surface area contributed by atoms with E-state index < -0.39 is 0 Å². The molecule has 0 radical (unpaired) electrons. The summed E-state index contributed by atoms with van der Waals surface area (Å²) in [6.45, 7) is 6.20. The number of hydrogen-bond donors (Lipinski definition) is 2. The Bertz CT molecular complexity index is 866. The number of nitrogens with one attached hydrogen (secondary N) is 2. The number of aromatic amines is 1. The molecular weight excluding hydrogens is 356 g/mol. The first-order valence-electron chi connectivity index (χ1n) is 9.56. The van der Waals surface area contributed by atoms with Crippen molar-refractivity contribution in [3.63, 3.8) is 0 Å². The minimum Gasteiger partial charge on any atom is -0.356 e. The van der Waals surface area contributed by atoms with Gasteiger partial charge in [0.05, 0.1) is 6.54 Å². The molecular formula is C21H26N4O3. The van der Waals surface area contributed by atoms with Gasteiger partial charge in [0.25, 0.3) is 5.91 Å². The van der Waals surface area contributed by atoms with E-state index in [9.17, 15) is 14.4 Å². The molecule has 1 fully saturated rings. The zero-order valence-corrected chi connectivity index (χ0v) is 16.3. The van der Waals surface area contributed by atoms with Crippen LogP contribution in [0.4, 0.5) is 5.69 Å². The van der Waals surface area contributed by atoms with Crippen LogP contribution in [0.2, 0.25) is 0 Å². The molecule has 0 bridgehead atoms. The van der Waals surface area contributed by atoms with E-state index in [1.807, 2.05) is 29.2 Å². The minimum atomic E-state index is -0.117. The maximum atomic E-state index is 12.6. The van der Waals surface area contributed by atoms with Gasteiger partial charge in [-0.05, 0) is 31.0 Å². The average molecular weight is 382 g/mol. The molecule has 1 aliphatic rings. The molecule has 148 valence electrons. The van der Waals surface area contributed by atoms with Crippen molar-refractivity contribution in [2.45, 2.75) is 20.3 Å². The number of aryl methyl sites for hydroxylation is 1. The Morgan fingerprint density at radius 1 is 1.11 bits per heavy atom. The van der Waals surface area contributed by atoms with Gasteiger partial charge in [0.2, 0.25) is 5.91 Å². The van der Waals surface area contributed by atoms with Crippen LogP contribution in [0, 0.1) is 0 Å². The Balaban J connectivity index is 1.50. The molecule has 7 heteroatoms. The monoisotopic (exact) mass is 382 g/mol. The second-order valence-electron chi connectivity index (χ2n) is 6.99. The maximum Gasteiger partial charge on any atom is 0.270 e. The Labute approximate surface area is 164 Å². The van der Waals surface area contributed by atoms with Crippen molar-refractivity contribution in [3.05, 3.63) is 53.3 Å². The number of H-pyrrole nitrogens is 1. The summed E-state index contributed by atoms with van der Waals surface area (Å²) in [5.41, 5.74) is 2.90. The van der Waals surface area contributed by atoms with Crippen molar-refractivity contribution in [2.24, 2.45) is 0 Å². The van der Waals surface area contributed by atoms with Crippen molar-refractivity contribution in [2.75, 3.05) is 38.0 Å². The lowest BCUT2D eigenvalue weighted by Crippen LogP contribution is -2.50. The van der Waals surface area contributed by atoms with Crippen LogP contribution in [0.5, 0.6) is 0 Å². The number of carbonyl (C=O) groups excluding carboxylic acids is 3. The number of benzene rings is 1. The summed E-state index contributed by atoms with van der Waals surface area (Å²) in [6.07, 6.45) is 2.42. The second-order valence-corrected chi connectivity index (χ2v) is 6.99. The first-order chi connectivity index (χ1) is 13.5. The molecule has 2 amide bonds. The number of aromatic nitrogens is 1. The Kier molecular flexibility index (Phi) is 6.26. The summed E-state index contributed by atoms with van der Waals surface area (Å²) in [6, 6.07) is 9.40. The van der Waals surface area contributed by atoms with E-state index in [0.717, 1.165) is 17.7 Å². The van der Waals surface area contributed by atoms with Crippen molar-refractivity contribution >= 4 is 23.3 Å². The number of carbonyl (C=O) groups is 3. The predicted molar refractivity (Wildman–Crippen MR) is 108 cm³/mol. The smallest absolute Gasteiger partial charge is 0.270 e. The number of rotatable bonds is 6. The van der Waals surface area contributed by atoms with Crippen LogP contribution < -0.4 is 5.32 Å². The number of anilines is 1. The van der Waals surface area contributed by atoms with Crippen LogP contribution in [-0.4, -0.2) is 65.1 Å². The van der Waals surface area contributed by atoms with Gasteiger partial charge in [0, 0.05) is 43.6 Å². The number of nitrogens with zero attached hydrogens (tertiary/aromatic N) is 2. The van der Waals surface area contributed by atoms with Crippen LogP contribution in [-0.2, 0) is 11.2 Å². The summed E-state index contributed by atoms with van der Waals surface area (Å²) in [5.74, 6) is -0.236. The number of Topliss-reactive ketones (excluding diaryl/α,β-unsaturated/α-hetero) is 1. The molecule has 0 unspecified atom stereocenters. The summed E-state index contributed by atoms with van der Waals surface area (Å²) in [4.78, 5) is 43.0. The van der Waals surface area contributed by atoms with Crippen molar-refractivity contribution in [3.8, 4) is 0 Å². The molecule has 0 saturated carbocycles. The van der Waals surface area contributed by atoms with Gasteiger partial charge < -0.3 is 15.2 Å². The molecule has 2 heterocycles. The van der Waals surface area contributed by atoms with Crippen LogP contribution >= 0.6 is 0 Å². The molecule has 1 aliphatic heterocycles. The SMILES string of the molecule is CCc1ccccc1NC(=O)CN1CCN(C(=O)c2cc(C(C)=O)c[nH]2)CC1. The lowest BCUT2D eigenvalue weighted by atomic mass is 10.1. The molecule has 1 saturated heterocycles. The van der Waals surface area contributed by atoms with Gasteiger partial charge in [-0.1, -0.05) is 25.1 Å². The second kappa shape index (κ2) is 8.84. The van der Waals surface area contributed by atoms with Crippen LogP contribution in [0.1, 0.15) is 40.3 Å². The highest BCUT2D eigenvalue weighted by molar-refractivity contribution is 5.99. The third-order valence-electron chi connectivity index (χ3n) is 5.02. The molecule has 7 nitrogen and oxygen atoms in total.